The average Bonchev–Trinajstić information content (AvgIpc) is 2.99. The van der Waals surface area contributed by atoms with Gasteiger partial charge >= 0.3 is 0 Å². The largest absolute Gasteiger partial charge is 0.497 e. The first kappa shape index (κ1) is 36.4. The highest BCUT2D eigenvalue weighted by Gasteiger charge is 2.42. The first-order valence-electron chi connectivity index (χ1n) is 15.6. The maximum Gasteiger partial charge on any atom is 0.220 e. The van der Waals surface area contributed by atoms with Crippen LogP contribution in [0, 0.1) is 5.92 Å². The summed E-state index contributed by atoms with van der Waals surface area (Å²) in [5.74, 6) is 0.346. The van der Waals surface area contributed by atoms with Crippen molar-refractivity contribution in [3.63, 3.8) is 0 Å². The van der Waals surface area contributed by atoms with Crippen molar-refractivity contribution in [1.29, 1.82) is 0 Å². The van der Waals surface area contributed by atoms with Crippen LogP contribution in [0.5, 0.6) is 5.75 Å². The zero-order valence-corrected chi connectivity index (χ0v) is 26.1. The van der Waals surface area contributed by atoms with Crippen LogP contribution < -0.4 is 10.1 Å². The third kappa shape index (κ3) is 11.7. The summed E-state index contributed by atoms with van der Waals surface area (Å²) in [6, 6.07) is 7.12. The summed E-state index contributed by atoms with van der Waals surface area (Å²) in [4.78, 5) is 12.6. The summed E-state index contributed by atoms with van der Waals surface area (Å²) in [7, 11) is 3.40. The van der Waals surface area contributed by atoms with Crippen molar-refractivity contribution >= 4 is 5.91 Å². The first-order chi connectivity index (χ1) is 20.1. The molecule has 1 aliphatic heterocycles. The van der Waals surface area contributed by atoms with Crippen LogP contribution in [0.25, 0.3) is 0 Å². The normalized spacial score (nSPS) is 25.4. The number of methoxy groups -OCH3 is 2. The highest BCUT2D eigenvalue weighted by Crippen LogP contribution is 2.29. The molecule has 0 radical (unpaired) electrons. The minimum absolute atomic E-state index is 0.0831. The van der Waals surface area contributed by atoms with E-state index < -0.39 is 36.7 Å². The van der Waals surface area contributed by atoms with Crippen LogP contribution in [0.4, 0.5) is 0 Å². The number of hydrogen-bond acceptors (Lipinski definition) is 9. The Morgan fingerprint density at radius 3 is 2.17 bits per heavy atom. The van der Waals surface area contributed by atoms with E-state index in [-0.39, 0.29) is 30.6 Å². The second kappa shape index (κ2) is 19.5. The number of carbonyl (C=O) groups is 1. The Hall–Kier alpha value is -1.79. The minimum Gasteiger partial charge on any atom is -0.497 e. The topological polar surface area (TPSA) is 147 Å². The number of hydrogen-bond donors (Lipinski definition) is 5. The van der Waals surface area contributed by atoms with E-state index in [1.54, 1.807) is 21.1 Å². The van der Waals surface area contributed by atoms with Crippen LogP contribution in [0.1, 0.15) is 96.6 Å². The van der Waals surface area contributed by atoms with Gasteiger partial charge in [0, 0.05) is 19.4 Å². The van der Waals surface area contributed by atoms with Crippen LogP contribution in [-0.2, 0) is 19.0 Å². The highest BCUT2D eigenvalue weighted by molar-refractivity contribution is 5.76. The van der Waals surface area contributed by atoms with Gasteiger partial charge in [0.15, 0.2) is 6.29 Å². The van der Waals surface area contributed by atoms with E-state index in [0.29, 0.717) is 12.8 Å². The fourth-order valence-corrected chi connectivity index (χ4v) is 5.45. The Morgan fingerprint density at radius 2 is 1.60 bits per heavy atom. The Kier molecular flexibility index (Phi) is 16.9. The van der Waals surface area contributed by atoms with Crippen molar-refractivity contribution in [2.45, 2.75) is 134 Å². The summed E-state index contributed by atoms with van der Waals surface area (Å²) >= 11 is 0. The van der Waals surface area contributed by atoms with Gasteiger partial charge < -0.3 is 44.7 Å². The third-order valence-electron chi connectivity index (χ3n) is 8.30. The van der Waals surface area contributed by atoms with E-state index >= 15 is 0 Å². The van der Waals surface area contributed by atoms with Gasteiger partial charge in [0.25, 0.3) is 0 Å². The lowest BCUT2D eigenvalue weighted by Gasteiger charge is -2.41. The van der Waals surface area contributed by atoms with Crippen LogP contribution in [0.2, 0.25) is 0 Å². The van der Waals surface area contributed by atoms with Crippen molar-refractivity contribution in [3.8, 4) is 5.75 Å². The second-order valence-electron chi connectivity index (χ2n) is 11.5. The lowest BCUT2D eigenvalue weighted by Crippen LogP contribution is -2.56. The standard InChI is InChI=1S/C32H55NO9/c1-6-26-21(2)29(36)31(38)32(42-26)41-20-25(30(37)22(3)34)33-28(35)15-13-11-9-7-8-10-12-14-27(40-5)23-16-18-24(39-4)19-17-23/h16-19,21-22,25-27,29-32,34,36-38H,6-15,20H2,1-5H3,(H,33,35). The Labute approximate surface area is 251 Å². The van der Waals surface area contributed by atoms with Crippen LogP contribution in [0.15, 0.2) is 24.3 Å². The monoisotopic (exact) mass is 597 g/mol. The molecule has 1 aromatic carbocycles. The zero-order valence-electron chi connectivity index (χ0n) is 26.1. The molecule has 0 spiro atoms. The van der Waals surface area contributed by atoms with Gasteiger partial charge in [-0.1, -0.05) is 64.5 Å². The van der Waals surface area contributed by atoms with Gasteiger partial charge in [-0.2, -0.15) is 0 Å². The third-order valence-corrected chi connectivity index (χ3v) is 8.30. The Morgan fingerprint density at radius 1 is 0.976 bits per heavy atom. The second-order valence-corrected chi connectivity index (χ2v) is 11.5. The van der Waals surface area contributed by atoms with E-state index in [2.05, 4.69) is 5.32 Å². The van der Waals surface area contributed by atoms with Crippen LogP contribution in [0.3, 0.4) is 0 Å². The predicted octanol–water partition coefficient (Wildman–Crippen LogP) is 3.63. The van der Waals surface area contributed by atoms with E-state index in [1.165, 1.54) is 6.92 Å². The Balaban J connectivity index is 1.65. The molecule has 0 aromatic heterocycles. The number of carbonyl (C=O) groups excluding carboxylic acids is 1. The van der Waals surface area contributed by atoms with Crippen molar-refractivity contribution in [2.24, 2.45) is 5.92 Å². The highest BCUT2D eigenvalue weighted by atomic mass is 16.7. The number of aliphatic hydroxyl groups excluding tert-OH is 4. The van der Waals surface area contributed by atoms with Gasteiger partial charge in [-0.25, -0.2) is 0 Å². The maximum absolute atomic E-state index is 12.6. The van der Waals surface area contributed by atoms with Crippen LogP contribution >= 0.6 is 0 Å². The molecule has 1 saturated heterocycles. The molecular weight excluding hydrogens is 542 g/mol. The van der Waals surface area contributed by atoms with E-state index in [4.69, 9.17) is 18.9 Å². The smallest absolute Gasteiger partial charge is 0.220 e. The molecule has 42 heavy (non-hydrogen) atoms. The summed E-state index contributed by atoms with van der Waals surface area (Å²) in [6.45, 7) is 4.98. The van der Waals surface area contributed by atoms with Gasteiger partial charge in [0.2, 0.25) is 5.91 Å². The molecule has 1 aliphatic rings. The fraction of sp³-hybridized carbons (Fsp3) is 0.781. The molecule has 10 nitrogen and oxygen atoms in total. The minimum atomic E-state index is -1.26. The molecule has 10 heteroatoms. The molecule has 242 valence electrons. The van der Waals surface area contributed by atoms with Crippen molar-refractivity contribution in [2.75, 3.05) is 20.8 Å². The molecule has 0 saturated carbocycles. The van der Waals surface area contributed by atoms with E-state index in [0.717, 1.165) is 62.7 Å². The quantitative estimate of drug-likeness (QED) is 0.142. The molecule has 1 aromatic rings. The summed E-state index contributed by atoms with van der Waals surface area (Å²) < 4.78 is 22.4. The number of nitrogens with one attached hydrogen (secondary N) is 1. The van der Waals surface area contributed by atoms with Gasteiger partial charge in [-0.3, -0.25) is 4.79 Å². The molecule has 1 heterocycles. The zero-order chi connectivity index (χ0) is 31.1. The predicted molar refractivity (Wildman–Crippen MR) is 160 cm³/mol. The number of aliphatic hydroxyl groups is 4. The number of unbranched alkanes of at least 4 members (excludes halogenated alkanes) is 6. The van der Waals surface area contributed by atoms with Crippen molar-refractivity contribution < 1.29 is 44.2 Å². The summed E-state index contributed by atoms with van der Waals surface area (Å²) in [5.41, 5.74) is 1.16. The summed E-state index contributed by atoms with van der Waals surface area (Å²) in [6.07, 6.45) is 3.13. The SMILES string of the molecule is CCC1OC(OCC(NC(=O)CCCCCCCCCC(OC)c2ccc(OC)cc2)C(O)C(C)O)C(O)C(O)C1C. The number of ether oxygens (including phenoxy) is 4. The molecule has 0 aliphatic carbocycles. The average molecular weight is 598 g/mol. The fourth-order valence-electron chi connectivity index (χ4n) is 5.45. The molecule has 2 rings (SSSR count). The lowest BCUT2D eigenvalue weighted by atomic mass is 9.89. The first-order valence-corrected chi connectivity index (χ1v) is 15.6. The Bertz CT molecular complexity index is 866. The molecular formula is C32H55NO9. The molecule has 5 N–H and O–H groups in total. The number of amides is 1. The maximum atomic E-state index is 12.6. The number of rotatable bonds is 20. The molecule has 9 atom stereocenters. The van der Waals surface area contributed by atoms with Crippen molar-refractivity contribution in [1.82, 2.24) is 5.32 Å². The van der Waals surface area contributed by atoms with Crippen molar-refractivity contribution in [3.05, 3.63) is 29.8 Å². The van der Waals surface area contributed by atoms with E-state index in [1.807, 2.05) is 31.2 Å². The molecule has 1 amide bonds. The van der Waals surface area contributed by atoms with E-state index in [9.17, 15) is 25.2 Å². The summed E-state index contributed by atoms with van der Waals surface area (Å²) in [5, 5.41) is 43.9. The van der Waals surface area contributed by atoms with Gasteiger partial charge in [0.1, 0.15) is 18.0 Å². The molecule has 9 unspecified atom stereocenters. The lowest BCUT2D eigenvalue weighted by molar-refractivity contribution is -0.286. The number of benzene rings is 1. The van der Waals surface area contributed by atoms with Crippen LogP contribution in [-0.4, -0.2) is 90.0 Å². The van der Waals surface area contributed by atoms with Gasteiger partial charge in [0.05, 0.1) is 44.2 Å². The molecule has 1 fully saturated rings. The molecule has 0 bridgehead atoms. The van der Waals surface area contributed by atoms with Gasteiger partial charge in [-0.15, -0.1) is 0 Å². The van der Waals surface area contributed by atoms with Gasteiger partial charge in [-0.05, 0) is 43.9 Å².